The maximum absolute atomic E-state index is 12.3. The van der Waals surface area contributed by atoms with Crippen molar-refractivity contribution < 1.29 is 9.59 Å². The van der Waals surface area contributed by atoms with E-state index in [2.05, 4.69) is 10.3 Å². The fourth-order valence-corrected chi connectivity index (χ4v) is 2.74. The van der Waals surface area contributed by atoms with Crippen LogP contribution in [0.15, 0.2) is 24.3 Å². The summed E-state index contributed by atoms with van der Waals surface area (Å²) in [7, 11) is 1.72. The molecule has 0 bridgehead atoms. The Morgan fingerprint density at radius 3 is 2.86 bits per heavy atom. The Hall–Kier alpha value is -2.37. The van der Waals surface area contributed by atoms with Gasteiger partial charge in [0, 0.05) is 26.6 Å². The Morgan fingerprint density at radius 2 is 2.19 bits per heavy atom. The van der Waals surface area contributed by atoms with Crippen molar-refractivity contribution >= 4 is 28.8 Å². The standard InChI is InChI=1S/C15H18N4O2/c1-3-19-12-7-5-4-6-11(12)16-15(19)17-14(21)10-8-13(20)18(2)9-10/h4-7,10H,3,8-9H2,1-2H3,(H,16,17,21)/t10-/m1/s1. The van der Waals surface area contributed by atoms with Crippen LogP contribution in [-0.2, 0) is 16.1 Å². The van der Waals surface area contributed by atoms with Gasteiger partial charge >= 0.3 is 0 Å². The van der Waals surface area contributed by atoms with Crippen LogP contribution < -0.4 is 5.32 Å². The van der Waals surface area contributed by atoms with Gasteiger partial charge in [0.15, 0.2) is 0 Å². The van der Waals surface area contributed by atoms with Gasteiger partial charge in [0.05, 0.1) is 17.0 Å². The molecule has 6 nitrogen and oxygen atoms in total. The molecule has 1 aliphatic rings. The van der Waals surface area contributed by atoms with E-state index in [0.717, 1.165) is 17.6 Å². The number of nitrogens with one attached hydrogen (secondary N) is 1. The SMILES string of the molecule is CCn1c(NC(=O)[C@@H]2CC(=O)N(C)C2)nc2ccccc21. The minimum atomic E-state index is -0.299. The molecule has 1 saturated heterocycles. The topological polar surface area (TPSA) is 67.2 Å². The minimum absolute atomic E-state index is 0.0131. The summed E-state index contributed by atoms with van der Waals surface area (Å²) in [5, 5.41) is 2.87. The molecule has 21 heavy (non-hydrogen) atoms. The molecule has 6 heteroatoms. The summed E-state index contributed by atoms with van der Waals surface area (Å²) in [6, 6.07) is 7.77. The number of hydrogen-bond acceptors (Lipinski definition) is 3. The Bertz CT molecular complexity index is 707. The number of imidazole rings is 1. The van der Waals surface area contributed by atoms with Crippen LogP contribution in [0.5, 0.6) is 0 Å². The quantitative estimate of drug-likeness (QED) is 0.929. The molecule has 1 fully saturated rings. The number of aromatic nitrogens is 2. The molecular formula is C15H18N4O2. The molecule has 0 radical (unpaired) electrons. The fraction of sp³-hybridized carbons (Fsp3) is 0.400. The average molecular weight is 286 g/mol. The van der Waals surface area contributed by atoms with Crippen LogP contribution >= 0.6 is 0 Å². The second kappa shape index (κ2) is 5.20. The Morgan fingerprint density at radius 1 is 1.43 bits per heavy atom. The summed E-state index contributed by atoms with van der Waals surface area (Å²) >= 11 is 0. The molecule has 0 saturated carbocycles. The van der Waals surface area contributed by atoms with Gasteiger partial charge < -0.3 is 9.47 Å². The number of carbonyl (C=O) groups is 2. The maximum Gasteiger partial charge on any atom is 0.232 e. The molecule has 0 spiro atoms. The summed E-state index contributed by atoms with van der Waals surface area (Å²) in [4.78, 5) is 29.9. The van der Waals surface area contributed by atoms with Gasteiger partial charge in [-0.2, -0.15) is 0 Å². The van der Waals surface area contributed by atoms with Gasteiger partial charge in [0.2, 0.25) is 17.8 Å². The van der Waals surface area contributed by atoms with Gasteiger partial charge in [-0.15, -0.1) is 0 Å². The predicted octanol–water partition coefficient (Wildman–Crippen LogP) is 1.47. The Balaban J connectivity index is 1.85. The first-order chi connectivity index (χ1) is 10.1. The smallest absolute Gasteiger partial charge is 0.232 e. The second-order valence-corrected chi connectivity index (χ2v) is 5.33. The number of para-hydroxylation sites is 2. The van der Waals surface area contributed by atoms with Crippen molar-refractivity contribution in [1.29, 1.82) is 0 Å². The zero-order valence-corrected chi connectivity index (χ0v) is 12.2. The van der Waals surface area contributed by atoms with Crippen molar-refractivity contribution in [2.75, 3.05) is 18.9 Å². The van der Waals surface area contributed by atoms with Gasteiger partial charge in [-0.1, -0.05) is 12.1 Å². The molecule has 2 heterocycles. The number of anilines is 1. The normalized spacial score (nSPS) is 18.5. The number of likely N-dealkylation sites (tertiary alicyclic amines) is 1. The van der Waals surface area contributed by atoms with Crippen molar-refractivity contribution in [2.24, 2.45) is 5.92 Å². The molecule has 1 aromatic heterocycles. The van der Waals surface area contributed by atoms with Crippen molar-refractivity contribution in [3.63, 3.8) is 0 Å². The monoisotopic (exact) mass is 286 g/mol. The molecule has 0 aliphatic carbocycles. The maximum atomic E-state index is 12.3. The van der Waals surface area contributed by atoms with E-state index < -0.39 is 0 Å². The first-order valence-corrected chi connectivity index (χ1v) is 7.10. The van der Waals surface area contributed by atoms with E-state index in [-0.39, 0.29) is 24.2 Å². The zero-order valence-electron chi connectivity index (χ0n) is 12.2. The van der Waals surface area contributed by atoms with E-state index in [1.165, 1.54) is 0 Å². The van der Waals surface area contributed by atoms with Gasteiger partial charge in [-0.25, -0.2) is 4.98 Å². The van der Waals surface area contributed by atoms with Crippen LogP contribution in [-0.4, -0.2) is 39.9 Å². The summed E-state index contributed by atoms with van der Waals surface area (Å²) in [5.74, 6) is 0.121. The lowest BCUT2D eigenvalue weighted by Crippen LogP contribution is -2.27. The highest BCUT2D eigenvalue weighted by molar-refractivity contribution is 5.97. The number of nitrogens with zero attached hydrogens (tertiary/aromatic N) is 3. The molecule has 1 N–H and O–H groups in total. The molecule has 2 amide bonds. The van der Waals surface area contributed by atoms with Gasteiger partial charge in [0.1, 0.15) is 0 Å². The summed E-state index contributed by atoms with van der Waals surface area (Å²) in [5.41, 5.74) is 1.85. The highest BCUT2D eigenvalue weighted by atomic mass is 16.2. The van der Waals surface area contributed by atoms with Crippen molar-refractivity contribution in [1.82, 2.24) is 14.5 Å². The summed E-state index contributed by atoms with van der Waals surface area (Å²) in [6.45, 7) is 3.20. The minimum Gasteiger partial charge on any atom is -0.345 e. The lowest BCUT2D eigenvalue weighted by Gasteiger charge is -2.11. The first kappa shape index (κ1) is 13.6. The number of aryl methyl sites for hydroxylation is 1. The highest BCUT2D eigenvalue weighted by Gasteiger charge is 2.32. The molecule has 2 aromatic rings. The number of amides is 2. The molecule has 1 aromatic carbocycles. The number of carbonyl (C=O) groups excluding carboxylic acids is 2. The van der Waals surface area contributed by atoms with Gasteiger partial charge in [-0.05, 0) is 19.1 Å². The third-order valence-corrected chi connectivity index (χ3v) is 3.92. The molecule has 1 aliphatic heterocycles. The van der Waals surface area contributed by atoms with Crippen molar-refractivity contribution in [3.8, 4) is 0 Å². The van der Waals surface area contributed by atoms with Gasteiger partial charge in [0.25, 0.3) is 0 Å². The number of hydrogen-bond donors (Lipinski definition) is 1. The van der Waals surface area contributed by atoms with Crippen LogP contribution in [0.1, 0.15) is 13.3 Å². The average Bonchev–Trinajstić information content (AvgIpc) is 2.99. The first-order valence-electron chi connectivity index (χ1n) is 7.10. The lowest BCUT2D eigenvalue weighted by molar-refractivity contribution is -0.127. The van der Waals surface area contributed by atoms with E-state index >= 15 is 0 Å². The van der Waals surface area contributed by atoms with Crippen LogP contribution in [0.2, 0.25) is 0 Å². The summed E-state index contributed by atoms with van der Waals surface area (Å²) in [6.07, 6.45) is 0.273. The third-order valence-electron chi connectivity index (χ3n) is 3.92. The Labute approximate surface area is 122 Å². The van der Waals surface area contributed by atoms with Crippen LogP contribution in [0.4, 0.5) is 5.95 Å². The van der Waals surface area contributed by atoms with Gasteiger partial charge in [-0.3, -0.25) is 14.9 Å². The molecular weight excluding hydrogens is 268 g/mol. The van der Waals surface area contributed by atoms with Crippen LogP contribution in [0.3, 0.4) is 0 Å². The van der Waals surface area contributed by atoms with Crippen LogP contribution in [0, 0.1) is 5.92 Å². The second-order valence-electron chi connectivity index (χ2n) is 5.33. The largest absolute Gasteiger partial charge is 0.345 e. The van der Waals surface area contributed by atoms with E-state index in [0.29, 0.717) is 12.5 Å². The van der Waals surface area contributed by atoms with E-state index in [9.17, 15) is 9.59 Å². The van der Waals surface area contributed by atoms with Crippen LogP contribution in [0.25, 0.3) is 11.0 Å². The predicted molar refractivity (Wildman–Crippen MR) is 79.8 cm³/mol. The molecule has 1 atom stereocenters. The van der Waals surface area contributed by atoms with E-state index in [1.807, 2.05) is 35.8 Å². The number of benzene rings is 1. The fourth-order valence-electron chi connectivity index (χ4n) is 2.74. The van der Waals surface area contributed by atoms with Crippen molar-refractivity contribution in [2.45, 2.75) is 19.9 Å². The summed E-state index contributed by atoms with van der Waals surface area (Å²) < 4.78 is 1.97. The lowest BCUT2D eigenvalue weighted by atomic mass is 10.1. The zero-order chi connectivity index (χ0) is 15.0. The van der Waals surface area contributed by atoms with E-state index in [1.54, 1.807) is 11.9 Å². The number of fused-ring (bicyclic) bond motifs is 1. The molecule has 110 valence electrons. The number of rotatable bonds is 3. The van der Waals surface area contributed by atoms with E-state index in [4.69, 9.17) is 0 Å². The highest BCUT2D eigenvalue weighted by Crippen LogP contribution is 2.22. The van der Waals surface area contributed by atoms with Crippen molar-refractivity contribution in [3.05, 3.63) is 24.3 Å². The third kappa shape index (κ3) is 2.37. The molecule has 0 unspecified atom stereocenters. The molecule has 3 rings (SSSR count). The Kier molecular flexibility index (Phi) is 3.37.